The number of ketones is 1. The van der Waals surface area contributed by atoms with E-state index in [0.29, 0.717) is 18.0 Å². The highest BCUT2D eigenvalue weighted by Gasteiger charge is 2.27. The molecule has 0 atom stereocenters. The van der Waals surface area contributed by atoms with Crippen LogP contribution in [0.25, 0.3) is 0 Å². The maximum Gasteiger partial charge on any atom is 0.212 e. The third-order valence-corrected chi connectivity index (χ3v) is 7.79. The van der Waals surface area contributed by atoms with E-state index in [1.807, 2.05) is 13.8 Å². The van der Waals surface area contributed by atoms with Gasteiger partial charge in [0.1, 0.15) is 22.3 Å². The van der Waals surface area contributed by atoms with Crippen LogP contribution in [0.1, 0.15) is 54.8 Å². The predicted octanol–water partition coefficient (Wildman–Crippen LogP) is 3.53. The van der Waals surface area contributed by atoms with Gasteiger partial charge in [-0.25, -0.2) is 26.9 Å². The van der Waals surface area contributed by atoms with E-state index in [-0.39, 0.29) is 34.4 Å². The highest BCUT2D eigenvalue weighted by atomic mass is 32.2. The Bertz CT molecular complexity index is 1050. The summed E-state index contributed by atoms with van der Waals surface area (Å²) in [6.45, 7) is 3.73. The molecule has 1 fully saturated rings. The third kappa shape index (κ3) is 6.20. The maximum absolute atomic E-state index is 13.9. The fourth-order valence-electron chi connectivity index (χ4n) is 3.62. The van der Waals surface area contributed by atoms with Gasteiger partial charge in [0.2, 0.25) is 15.8 Å². The number of benzene rings is 1. The van der Waals surface area contributed by atoms with Crippen LogP contribution in [0.15, 0.2) is 18.2 Å². The van der Waals surface area contributed by atoms with Gasteiger partial charge in [-0.05, 0) is 49.8 Å². The van der Waals surface area contributed by atoms with E-state index in [4.69, 9.17) is 5.73 Å². The molecule has 0 bridgehead atoms. The number of aromatic nitrogens is 1. The molecule has 170 valence electrons. The smallest absolute Gasteiger partial charge is 0.212 e. The first-order valence-electron chi connectivity index (χ1n) is 10.1. The Morgan fingerprint density at radius 3 is 2.52 bits per heavy atom. The number of hydrogen-bond acceptors (Lipinski definition) is 7. The van der Waals surface area contributed by atoms with Crippen molar-refractivity contribution in [3.8, 4) is 0 Å². The largest absolute Gasteiger partial charge is 0.382 e. The van der Waals surface area contributed by atoms with E-state index < -0.39 is 33.0 Å². The number of hydrogen-bond donors (Lipinski definition) is 3. The minimum Gasteiger partial charge on any atom is -0.382 e. The van der Waals surface area contributed by atoms with Crippen molar-refractivity contribution in [2.75, 3.05) is 16.8 Å². The number of nitrogens with zero attached hydrogens (tertiary/aromatic N) is 1. The molecule has 1 heterocycles. The molecule has 11 heteroatoms. The van der Waals surface area contributed by atoms with Crippen molar-refractivity contribution in [1.82, 2.24) is 9.71 Å². The van der Waals surface area contributed by atoms with Gasteiger partial charge in [0.15, 0.2) is 5.13 Å². The Morgan fingerprint density at radius 1 is 1.23 bits per heavy atom. The van der Waals surface area contributed by atoms with Crippen LogP contribution in [0, 0.1) is 17.6 Å². The first-order chi connectivity index (χ1) is 14.5. The van der Waals surface area contributed by atoms with Crippen molar-refractivity contribution in [1.29, 1.82) is 0 Å². The molecule has 0 aliphatic heterocycles. The average molecular weight is 473 g/mol. The van der Waals surface area contributed by atoms with E-state index in [9.17, 15) is 22.0 Å². The van der Waals surface area contributed by atoms with Gasteiger partial charge in [-0.3, -0.25) is 4.79 Å². The molecule has 2 aromatic rings. The van der Waals surface area contributed by atoms with Crippen molar-refractivity contribution in [2.24, 2.45) is 5.92 Å². The molecule has 1 aromatic carbocycles. The summed E-state index contributed by atoms with van der Waals surface area (Å²) >= 11 is 0.991. The van der Waals surface area contributed by atoms with Crippen LogP contribution < -0.4 is 15.8 Å². The summed E-state index contributed by atoms with van der Waals surface area (Å²) in [5.41, 5.74) is 5.46. The Morgan fingerprint density at radius 2 is 1.87 bits per heavy atom. The molecular weight excluding hydrogens is 446 g/mol. The van der Waals surface area contributed by atoms with Gasteiger partial charge < -0.3 is 11.1 Å². The third-order valence-electron chi connectivity index (χ3n) is 4.99. The minimum atomic E-state index is -3.29. The van der Waals surface area contributed by atoms with Gasteiger partial charge in [-0.1, -0.05) is 25.2 Å². The summed E-state index contributed by atoms with van der Waals surface area (Å²) in [4.78, 5) is 16.8. The van der Waals surface area contributed by atoms with Crippen molar-refractivity contribution < 1.29 is 22.0 Å². The Hall–Kier alpha value is -2.11. The van der Waals surface area contributed by atoms with Crippen LogP contribution in [0.5, 0.6) is 0 Å². The van der Waals surface area contributed by atoms with E-state index in [1.54, 1.807) is 0 Å². The van der Waals surface area contributed by atoms with Crippen molar-refractivity contribution >= 4 is 38.1 Å². The standard InChI is InChI=1S/C20H26F2N4O3S2/c1-11(2)10-31(28,29)26-14-6-4-13(5-7-14)24-20-25-19(23)18(30-20)17(27)15-9-12(21)3-8-16(15)22/h3,8-9,11,13-14,26H,4-7,10,23H2,1-2H3,(H,24,25)/t13-,14-. The predicted molar refractivity (Wildman–Crippen MR) is 118 cm³/mol. The number of carbonyl (C=O) groups excluding carboxylic acids is 1. The first kappa shape index (κ1) is 23.6. The molecule has 1 aliphatic carbocycles. The zero-order chi connectivity index (χ0) is 22.8. The number of nitrogens with two attached hydrogens (primary N) is 1. The topological polar surface area (TPSA) is 114 Å². The van der Waals surface area contributed by atoms with Crippen molar-refractivity contribution in [3.05, 3.63) is 40.3 Å². The molecule has 1 saturated carbocycles. The number of halogens is 2. The summed E-state index contributed by atoms with van der Waals surface area (Å²) < 4.78 is 54.4. The lowest BCUT2D eigenvalue weighted by atomic mass is 9.92. The molecule has 0 amide bonds. The van der Waals surface area contributed by atoms with E-state index in [1.165, 1.54) is 0 Å². The molecule has 4 N–H and O–H groups in total. The van der Waals surface area contributed by atoms with E-state index in [2.05, 4.69) is 15.0 Å². The fraction of sp³-hybridized carbons (Fsp3) is 0.500. The molecule has 31 heavy (non-hydrogen) atoms. The zero-order valence-corrected chi connectivity index (χ0v) is 19.0. The van der Waals surface area contributed by atoms with Gasteiger partial charge >= 0.3 is 0 Å². The highest BCUT2D eigenvalue weighted by molar-refractivity contribution is 7.89. The highest BCUT2D eigenvalue weighted by Crippen LogP contribution is 2.31. The monoisotopic (exact) mass is 472 g/mol. The molecular formula is C20H26F2N4O3S2. The summed E-state index contributed by atoms with van der Waals surface area (Å²) in [5.74, 6) is -2.14. The molecule has 1 aromatic heterocycles. The lowest BCUT2D eigenvalue weighted by Crippen LogP contribution is -2.41. The number of thiazole rings is 1. The van der Waals surface area contributed by atoms with Crippen LogP contribution in [-0.4, -0.2) is 37.0 Å². The quantitative estimate of drug-likeness (QED) is 0.507. The number of nitrogen functional groups attached to an aromatic ring is 1. The summed E-state index contributed by atoms with van der Waals surface area (Å²) in [7, 11) is -3.29. The lowest BCUT2D eigenvalue weighted by molar-refractivity contribution is 0.103. The molecule has 0 radical (unpaired) electrons. The average Bonchev–Trinajstić information content (AvgIpc) is 3.03. The first-order valence-corrected chi connectivity index (χ1v) is 12.5. The second-order valence-corrected chi connectivity index (χ2v) is 11.0. The van der Waals surface area contributed by atoms with Crippen molar-refractivity contribution in [2.45, 2.75) is 51.6 Å². The molecule has 1 aliphatic rings. The Balaban J connectivity index is 1.60. The fourth-order valence-corrected chi connectivity index (χ4v) is 6.25. The summed E-state index contributed by atoms with van der Waals surface area (Å²) in [6.07, 6.45) is 2.79. The van der Waals surface area contributed by atoms with Crippen LogP contribution >= 0.6 is 11.3 Å². The number of sulfonamides is 1. The maximum atomic E-state index is 13.9. The van der Waals surface area contributed by atoms with Crippen LogP contribution in [0.2, 0.25) is 0 Å². The number of anilines is 2. The Labute approximate surface area is 184 Å². The number of rotatable bonds is 8. The van der Waals surface area contributed by atoms with Crippen LogP contribution in [0.3, 0.4) is 0 Å². The second kappa shape index (κ2) is 9.58. The van der Waals surface area contributed by atoms with E-state index >= 15 is 0 Å². The van der Waals surface area contributed by atoms with Gasteiger partial charge in [0.05, 0.1) is 11.3 Å². The molecule has 0 spiro atoms. The molecule has 0 saturated heterocycles. The molecule has 3 rings (SSSR count). The lowest BCUT2D eigenvalue weighted by Gasteiger charge is -2.29. The number of carbonyl (C=O) groups is 1. The van der Waals surface area contributed by atoms with Gasteiger partial charge in [0.25, 0.3) is 0 Å². The minimum absolute atomic E-state index is 0.0436. The van der Waals surface area contributed by atoms with Gasteiger partial charge in [0, 0.05) is 12.1 Å². The SMILES string of the molecule is CC(C)CS(=O)(=O)N[C@H]1CC[C@H](Nc2nc(N)c(C(=O)c3cc(F)ccc3F)s2)CC1. The van der Waals surface area contributed by atoms with Crippen LogP contribution in [0.4, 0.5) is 19.7 Å². The molecule has 0 unspecified atom stereocenters. The second-order valence-electron chi connectivity index (χ2n) is 8.17. The van der Waals surface area contributed by atoms with Crippen molar-refractivity contribution in [3.63, 3.8) is 0 Å². The van der Waals surface area contributed by atoms with Crippen LogP contribution in [-0.2, 0) is 10.0 Å². The normalized spacial score (nSPS) is 19.5. The van der Waals surface area contributed by atoms with Gasteiger partial charge in [-0.15, -0.1) is 0 Å². The molecule has 7 nitrogen and oxygen atoms in total. The van der Waals surface area contributed by atoms with Gasteiger partial charge in [-0.2, -0.15) is 0 Å². The van der Waals surface area contributed by atoms with E-state index in [0.717, 1.165) is 42.4 Å². The summed E-state index contributed by atoms with van der Waals surface area (Å²) in [6, 6.07) is 2.62. The number of nitrogens with one attached hydrogen (secondary N) is 2. The Kier molecular flexibility index (Phi) is 7.28. The summed E-state index contributed by atoms with van der Waals surface area (Å²) in [5, 5.41) is 3.64. The zero-order valence-electron chi connectivity index (χ0n) is 17.3.